The smallest absolute Gasteiger partial charge is 0.339 e. The first-order valence-corrected chi connectivity index (χ1v) is 6.81. The fourth-order valence-corrected chi connectivity index (χ4v) is 2.43. The highest BCUT2D eigenvalue weighted by Gasteiger charge is 2.31. The normalized spacial score (nSPS) is 14.6. The van der Waals surface area contributed by atoms with Crippen LogP contribution in [-0.2, 0) is 0 Å². The van der Waals surface area contributed by atoms with Crippen molar-refractivity contribution in [2.24, 2.45) is 0 Å². The van der Waals surface area contributed by atoms with Gasteiger partial charge in [-0.1, -0.05) is 31.0 Å². The first kappa shape index (κ1) is 13.2. The van der Waals surface area contributed by atoms with E-state index in [0.29, 0.717) is 11.1 Å². The number of hydrogen-bond acceptors (Lipinski definition) is 2. The van der Waals surface area contributed by atoms with Crippen molar-refractivity contribution in [2.45, 2.75) is 38.6 Å². The third-order valence-electron chi connectivity index (χ3n) is 3.26. The van der Waals surface area contributed by atoms with Crippen LogP contribution in [-0.4, -0.2) is 23.7 Å². The van der Waals surface area contributed by atoms with Crippen LogP contribution in [0.1, 0.15) is 43.0 Å². The van der Waals surface area contributed by atoms with Crippen LogP contribution in [0.5, 0.6) is 0 Å². The Morgan fingerprint density at radius 2 is 2.22 bits per heavy atom. The Labute approximate surface area is 112 Å². The summed E-state index contributed by atoms with van der Waals surface area (Å²) in [7, 11) is 0. The van der Waals surface area contributed by atoms with Crippen LogP contribution < -0.4 is 4.90 Å². The fraction of sp³-hybridized carbons (Fsp3) is 0.500. The summed E-state index contributed by atoms with van der Waals surface area (Å²) in [5.74, 6) is -0.947. The molecule has 1 saturated carbocycles. The van der Waals surface area contributed by atoms with Gasteiger partial charge in [-0.3, -0.25) is 0 Å². The van der Waals surface area contributed by atoms with Crippen molar-refractivity contribution < 1.29 is 9.90 Å². The Balaban J connectivity index is 2.34. The minimum atomic E-state index is -0.947. The molecule has 0 aliphatic heterocycles. The molecule has 98 valence electrons. The summed E-state index contributed by atoms with van der Waals surface area (Å²) in [6.07, 6.45) is 4.47. The lowest BCUT2D eigenvalue weighted by atomic mass is 10.1. The third kappa shape index (κ3) is 2.78. The molecule has 0 heterocycles. The van der Waals surface area contributed by atoms with Gasteiger partial charge < -0.3 is 10.0 Å². The highest BCUT2D eigenvalue weighted by Crippen LogP contribution is 2.36. The molecular formula is C14H18ClNO2. The lowest BCUT2D eigenvalue weighted by Crippen LogP contribution is -2.28. The Hall–Kier alpha value is -1.22. The van der Waals surface area contributed by atoms with Gasteiger partial charge in [0.15, 0.2) is 0 Å². The van der Waals surface area contributed by atoms with Gasteiger partial charge in [0.2, 0.25) is 0 Å². The van der Waals surface area contributed by atoms with Crippen molar-refractivity contribution in [1.82, 2.24) is 0 Å². The van der Waals surface area contributed by atoms with Crippen LogP contribution in [0.2, 0.25) is 5.02 Å². The quantitative estimate of drug-likeness (QED) is 0.852. The second-order valence-corrected chi connectivity index (χ2v) is 5.12. The molecule has 0 unspecified atom stereocenters. The lowest BCUT2D eigenvalue weighted by Gasteiger charge is -2.26. The molecule has 1 aliphatic carbocycles. The average molecular weight is 268 g/mol. The third-order valence-corrected chi connectivity index (χ3v) is 3.57. The summed E-state index contributed by atoms with van der Waals surface area (Å²) >= 11 is 6.02. The number of benzene rings is 1. The van der Waals surface area contributed by atoms with Gasteiger partial charge in [-0.2, -0.15) is 0 Å². The summed E-state index contributed by atoms with van der Waals surface area (Å²) < 4.78 is 0. The van der Waals surface area contributed by atoms with E-state index in [1.54, 1.807) is 6.07 Å². The Morgan fingerprint density at radius 1 is 1.50 bits per heavy atom. The molecule has 3 nitrogen and oxygen atoms in total. The molecule has 0 aromatic heterocycles. The highest BCUT2D eigenvalue weighted by molar-refractivity contribution is 6.34. The van der Waals surface area contributed by atoms with Crippen LogP contribution in [0.3, 0.4) is 0 Å². The summed E-state index contributed by atoms with van der Waals surface area (Å²) in [6.45, 7) is 3.04. The standard InChI is InChI=1S/C14H18ClNO2/c1-2-3-9-16(10-7-8-10)12-6-4-5-11(15)13(12)14(17)18/h4-6,10H,2-3,7-9H2,1H3,(H,17,18). The van der Waals surface area contributed by atoms with E-state index < -0.39 is 5.97 Å². The minimum Gasteiger partial charge on any atom is -0.478 e. The highest BCUT2D eigenvalue weighted by atomic mass is 35.5. The van der Waals surface area contributed by atoms with Crippen molar-refractivity contribution in [1.29, 1.82) is 0 Å². The molecule has 0 spiro atoms. The topological polar surface area (TPSA) is 40.5 Å². The van der Waals surface area contributed by atoms with Crippen molar-refractivity contribution in [3.8, 4) is 0 Å². The van der Waals surface area contributed by atoms with E-state index in [1.807, 2.05) is 12.1 Å². The van der Waals surface area contributed by atoms with Gasteiger partial charge in [0.1, 0.15) is 5.56 Å². The number of halogens is 1. The first-order valence-electron chi connectivity index (χ1n) is 6.43. The van der Waals surface area contributed by atoms with E-state index in [9.17, 15) is 9.90 Å². The van der Waals surface area contributed by atoms with Crippen LogP contribution in [0.4, 0.5) is 5.69 Å². The molecule has 1 aromatic rings. The van der Waals surface area contributed by atoms with Gasteiger partial charge >= 0.3 is 5.97 Å². The van der Waals surface area contributed by atoms with Crippen molar-refractivity contribution in [3.63, 3.8) is 0 Å². The molecule has 0 bridgehead atoms. The molecule has 18 heavy (non-hydrogen) atoms. The van der Waals surface area contributed by atoms with Gasteiger partial charge in [-0.05, 0) is 31.4 Å². The van der Waals surface area contributed by atoms with Crippen LogP contribution in [0.15, 0.2) is 18.2 Å². The van der Waals surface area contributed by atoms with Crippen molar-refractivity contribution in [3.05, 3.63) is 28.8 Å². The molecule has 2 rings (SSSR count). The number of anilines is 1. The number of unbranched alkanes of at least 4 members (excludes halogenated alkanes) is 1. The number of aromatic carboxylic acids is 1. The van der Waals surface area contributed by atoms with Crippen LogP contribution in [0, 0.1) is 0 Å². The van der Waals surface area contributed by atoms with E-state index in [-0.39, 0.29) is 5.56 Å². The second kappa shape index (κ2) is 5.61. The molecule has 0 saturated heterocycles. The lowest BCUT2D eigenvalue weighted by molar-refractivity contribution is 0.0697. The predicted molar refractivity (Wildman–Crippen MR) is 73.7 cm³/mol. The Morgan fingerprint density at radius 3 is 2.78 bits per heavy atom. The molecule has 0 atom stereocenters. The number of rotatable bonds is 6. The Bertz CT molecular complexity index is 443. The number of carboxylic acid groups (broad SMARTS) is 1. The van der Waals surface area contributed by atoms with Gasteiger partial charge in [-0.25, -0.2) is 4.79 Å². The predicted octanol–water partition coefficient (Wildman–Crippen LogP) is 3.81. The molecule has 1 N–H and O–H groups in total. The zero-order valence-electron chi connectivity index (χ0n) is 10.5. The maximum Gasteiger partial charge on any atom is 0.339 e. The molecule has 0 amide bonds. The zero-order valence-corrected chi connectivity index (χ0v) is 11.3. The van der Waals surface area contributed by atoms with Gasteiger partial charge in [-0.15, -0.1) is 0 Å². The number of nitrogens with zero attached hydrogens (tertiary/aromatic N) is 1. The van der Waals surface area contributed by atoms with Gasteiger partial charge in [0, 0.05) is 12.6 Å². The second-order valence-electron chi connectivity index (χ2n) is 4.72. The molecule has 4 heteroatoms. The fourth-order valence-electron chi connectivity index (χ4n) is 2.18. The maximum atomic E-state index is 11.4. The summed E-state index contributed by atoms with van der Waals surface area (Å²) in [4.78, 5) is 13.6. The van der Waals surface area contributed by atoms with E-state index in [1.165, 1.54) is 0 Å². The minimum absolute atomic E-state index is 0.238. The summed E-state index contributed by atoms with van der Waals surface area (Å²) in [5.41, 5.74) is 1.01. The van der Waals surface area contributed by atoms with E-state index >= 15 is 0 Å². The number of carbonyl (C=O) groups is 1. The maximum absolute atomic E-state index is 11.4. The molecule has 1 fully saturated rings. The monoisotopic (exact) mass is 267 g/mol. The first-order chi connectivity index (χ1) is 8.65. The van der Waals surface area contributed by atoms with E-state index in [0.717, 1.165) is 37.9 Å². The molecule has 1 aliphatic rings. The average Bonchev–Trinajstić information content (AvgIpc) is 3.13. The van der Waals surface area contributed by atoms with Crippen LogP contribution in [0.25, 0.3) is 0 Å². The molecular weight excluding hydrogens is 250 g/mol. The van der Waals surface area contributed by atoms with E-state index in [2.05, 4.69) is 11.8 Å². The SMILES string of the molecule is CCCCN(c1cccc(Cl)c1C(=O)O)C1CC1. The van der Waals surface area contributed by atoms with Gasteiger partial charge in [0.05, 0.1) is 10.7 Å². The summed E-state index contributed by atoms with van der Waals surface area (Å²) in [5, 5.41) is 9.63. The molecule has 0 radical (unpaired) electrons. The van der Waals surface area contributed by atoms with Crippen molar-refractivity contribution in [2.75, 3.05) is 11.4 Å². The Kier molecular flexibility index (Phi) is 4.12. The van der Waals surface area contributed by atoms with Gasteiger partial charge in [0.25, 0.3) is 0 Å². The molecule has 1 aromatic carbocycles. The van der Waals surface area contributed by atoms with E-state index in [4.69, 9.17) is 11.6 Å². The van der Waals surface area contributed by atoms with Crippen LogP contribution >= 0.6 is 11.6 Å². The summed E-state index contributed by atoms with van der Waals surface area (Å²) in [6, 6.07) is 5.82. The number of hydrogen-bond donors (Lipinski definition) is 1. The number of carboxylic acids is 1. The van der Waals surface area contributed by atoms with Crippen molar-refractivity contribution >= 4 is 23.3 Å². The largest absolute Gasteiger partial charge is 0.478 e. The zero-order chi connectivity index (χ0) is 13.1.